The Balaban J connectivity index is 1.82. The minimum Gasteiger partial charge on any atom is -0.379 e. The lowest BCUT2D eigenvalue weighted by Gasteiger charge is -2.26. The fourth-order valence-corrected chi connectivity index (χ4v) is 3.15. The number of nitrogens with zero attached hydrogens (tertiary/aromatic N) is 1. The van der Waals surface area contributed by atoms with Crippen LogP contribution < -0.4 is 4.72 Å². The molecule has 18 heavy (non-hydrogen) atoms. The summed E-state index contributed by atoms with van der Waals surface area (Å²) < 4.78 is 43.9. The van der Waals surface area contributed by atoms with Gasteiger partial charge in [0.1, 0.15) is 0 Å². The highest BCUT2D eigenvalue weighted by Gasteiger charge is 2.34. The van der Waals surface area contributed by atoms with Crippen LogP contribution in [0.15, 0.2) is 0 Å². The standard InChI is InChI=1S/C10H20N2O5S/c1-10(2)16-8-9(17-10)7-11-18(13,14)12-3-5-15-6-4-12/h9,11H,3-8H2,1-2H3. The van der Waals surface area contributed by atoms with Crippen LogP contribution in [0.25, 0.3) is 0 Å². The largest absolute Gasteiger partial charge is 0.379 e. The van der Waals surface area contributed by atoms with Gasteiger partial charge in [-0.2, -0.15) is 17.4 Å². The van der Waals surface area contributed by atoms with E-state index in [1.165, 1.54) is 4.31 Å². The van der Waals surface area contributed by atoms with E-state index in [9.17, 15) is 8.42 Å². The monoisotopic (exact) mass is 280 g/mol. The first-order valence-electron chi connectivity index (χ1n) is 6.03. The lowest BCUT2D eigenvalue weighted by Crippen LogP contribution is -2.48. The van der Waals surface area contributed by atoms with Crippen molar-refractivity contribution in [1.82, 2.24) is 9.03 Å². The number of rotatable bonds is 4. The normalized spacial score (nSPS) is 29.6. The summed E-state index contributed by atoms with van der Waals surface area (Å²) in [6.45, 7) is 5.91. The predicted octanol–water partition coefficient (Wildman–Crippen LogP) is -0.695. The molecule has 7 nitrogen and oxygen atoms in total. The van der Waals surface area contributed by atoms with Crippen LogP contribution in [0.1, 0.15) is 13.8 Å². The zero-order chi connectivity index (χ0) is 13.2. The van der Waals surface area contributed by atoms with Crippen LogP contribution in [-0.4, -0.2) is 64.1 Å². The molecule has 0 bridgehead atoms. The molecule has 2 heterocycles. The molecule has 0 spiro atoms. The van der Waals surface area contributed by atoms with Gasteiger partial charge in [-0.1, -0.05) is 0 Å². The number of hydrogen-bond donors (Lipinski definition) is 1. The Morgan fingerprint density at radius 2 is 2.00 bits per heavy atom. The van der Waals surface area contributed by atoms with Gasteiger partial charge in [-0.05, 0) is 13.8 Å². The van der Waals surface area contributed by atoms with E-state index in [1.54, 1.807) is 0 Å². The highest BCUT2D eigenvalue weighted by Crippen LogP contribution is 2.21. The maximum absolute atomic E-state index is 12.0. The van der Waals surface area contributed by atoms with Gasteiger partial charge in [0, 0.05) is 19.6 Å². The lowest BCUT2D eigenvalue weighted by atomic mass is 10.4. The predicted molar refractivity (Wildman–Crippen MR) is 64.2 cm³/mol. The molecular formula is C10H20N2O5S. The van der Waals surface area contributed by atoms with Gasteiger partial charge < -0.3 is 14.2 Å². The SMILES string of the molecule is CC1(C)OCC(CNS(=O)(=O)N2CCOCC2)O1. The molecule has 2 fully saturated rings. The molecule has 106 valence electrons. The topological polar surface area (TPSA) is 77.1 Å². The van der Waals surface area contributed by atoms with Gasteiger partial charge in [0.15, 0.2) is 5.79 Å². The number of nitrogens with one attached hydrogen (secondary N) is 1. The van der Waals surface area contributed by atoms with Gasteiger partial charge >= 0.3 is 0 Å². The number of morpholine rings is 1. The van der Waals surface area contributed by atoms with Crippen molar-refractivity contribution in [3.8, 4) is 0 Å². The molecule has 0 amide bonds. The Labute approximate surface area is 108 Å². The molecule has 0 aromatic rings. The summed E-state index contributed by atoms with van der Waals surface area (Å²) in [5, 5.41) is 0. The van der Waals surface area contributed by atoms with Crippen molar-refractivity contribution in [3.63, 3.8) is 0 Å². The second kappa shape index (κ2) is 5.40. The van der Waals surface area contributed by atoms with Crippen molar-refractivity contribution in [2.75, 3.05) is 39.5 Å². The van der Waals surface area contributed by atoms with Crippen molar-refractivity contribution in [3.05, 3.63) is 0 Å². The van der Waals surface area contributed by atoms with Crippen molar-refractivity contribution in [2.24, 2.45) is 0 Å². The first kappa shape index (κ1) is 14.2. The second-order valence-electron chi connectivity index (χ2n) is 4.82. The third-order valence-corrected chi connectivity index (χ3v) is 4.45. The lowest BCUT2D eigenvalue weighted by molar-refractivity contribution is -0.137. The summed E-state index contributed by atoms with van der Waals surface area (Å²) in [6.07, 6.45) is -0.240. The number of ether oxygens (including phenoxy) is 3. The van der Waals surface area contributed by atoms with Crippen LogP contribution in [0.2, 0.25) is 0 Å². The van der Waals surface area contributed by atoms with E-state index in [0.717, 1.165) is 0 Å². The molecule has 8 heteroatoms. The highest BCUT2D eigenvalue weighted by atomic mass is 32.2. The van der Waals surface area contributed by atoms with Crippen molar-refractivity contribution < 1.29 is 22.6 Å². The Hall–Kier alpha value is -0.250. The van der Waals surface area contributed by atoms with Gasteiger partial charge in [-0.3, -0.25) is 0 Å². The first-order valence-corrected chi connectivity index (χ1v) is 7.47. The molecule has 1 unspecified atom stereocenters. The average Bonchev–Trinajstić information content (AvgIpc) is 2.68. The fraction of sp³-hybridized carbons (Fsp3) is 1.00. The Kier molecular flexibility index (Phi) is 4.25. The van der Waals surface area contributed by atoms with Crippen LogP contribution in [-0.2, 0) is 24.4 Å². The maximum atomic E-state index is 12.0. The molecular weight excluding hydrogens is 260 g/mol. The quantitative estimate of drug-likeness (QED) is 0.737. The molecule has 0 aromatic heterocycles. The van der Waals surface area contributed by atoms with Crippen molar-refractivity contribution >= 4 is 10.2 Å². The summed E-state index contributed by atoms with van der Waals surface area (Å²) in [7, 11) is -3.44. The molecule has 2 aliphatic rings. The van der Waals surface area contributed by atoms with E-state index >= 15 is 0 Å². The zero-order valence-electron chi connectivity index (χ0n) is 10.7. The molecule has 1 N–H and O–H groups in total. The minimum atomic E-state index is -3.44. The van der Waals surface area contributed by atoms with Crippen molar-refractivity contribution in [1.29, 1.82) is 0 Å². The third-order valence-electron chi connectivity index (χ3n) is 2.87. The summed E-state index contributed by atoms with van der Waals surface area (Å²) in [6, 6.07) is 0. The van der Waals surface area contributed by atoms with Gasteiger partial charge in [0.25, 0.3) is 10.2 Å². The maximum Gasteiger partial charge on any atom is 0.279 e. The van der Waals surface area contributed by atoms with E-state index in [4.69, 9.17) is 14.2 Å². The molecule has 0 saturated carbocycles. The molecule has 0 radical (unpaired) electrons. The Morgan fingerprint density at radius 1 is 1.33 bits per heavy atom. The molecule has 2 saturated heterocycles. The average molecular weight is 280 g/mol. The van der Waals surface area contributed by atoms with E-state index < -0.39 is 16.0 Å². The van der Waals surface area contributed by atoms with E-state index in [1.807, 2.05) is 13.8 Å². The van der Waals surface area contributed by atoms with Gasteiger partial charge in [0.2, 0.25) is 0 Å². The zero-order valence-corrected chi connectivity index (χ0v) is 11.5. The van der Waals surface area contributed by atoms with E-state index in [0.29, 0.717) is 32.9 Å². The molecule has 2 rings (SSSR count). The van der Waals surface area contributed by atoms with Crippen LogP contribution >= 0.6 is 0 Å². The highest BCUT2D eigenvalue weighted by molar-refractivity contribution is 7.87. The first-order chi connectivity index (χ1) is 8.39. The summed E-state index contributed by atoms with van der Waals surface area (Å²) in [5.41, 5.74) is 0. The minimum absolute atomic E-state index is 0.225. The van der Waals surface area contributed by atoms with Crippen LogP contribution in [0, 0.1) is 0 Å². The molecule has 0 aromatic carbocycles. The smallest absolute Gasteiger partial charge is 0.279 e. The fourth-order valence-electron chi connectivity index (χ4n) is 1.94. The molecule has 0 aliphatic carbocycles. The van der Waals surface area contributed by atoms with Gasteiger partial charge in [-0.25, -0.2) is 0 Å². The van der Waals surface area contributed by atoms with Crippen LogP contribution in [0.5, 0.6) is 0 Å². The van der Waals surface area contributed by atoms with Crippen LogP contribution in [0.4, 0.5) is 0 Å². The van der Waals surface area contributed by atoms with Crippen LogP contribution in [0.3, 0.4) is 0 Å². The van der Waals surface area contributed by atoms with Gasteiger partial charge in [0.05, 0.1) is 25.9 Å². The molecule has 1 atom stereocenters. The third kappa shape index (κ3) is 3.62. The number of hydrogen-bond acceptors (Lipinski definition) is 5. The second-order valence-corrected chi connectivity index (χ2v) is 6.57. The van der Waals surface area contributed by atoms with Crippen molar-refractivity contribution in [2.45, 2.75) is 25.7 Å². The summed E-state index contributed by atoms with van der Waals surface area (Å²) in [5.74, 6) is -0.630. The van der Waals surface area contributed by atoms with Gasteiger partial charge in [-0.15, -0.1) is 0 Å². The summed E-state index contributed by atoms with van der Waals surface area (Å²) >= 11 is 0. The molecule has 2 aliphatic heterocycles. The Bertz CT molecular complexity index is 378. The van der Waals surface area contributed by atoms with E-state index in [2.05, 4.69) is 4.72 Å². The Morgan fingerprint density at radius 3 is 2.56 bits per heavy atom. The summed E-state index contributed by atoms with van der Waals surface area (Å²) in [4.78, 5) is 0. The van der Waals surface area contributed by atoms with E-state index in [-0.39, 0.29) is 12.6 Å².